The van der Waals surface area contributed by atoms with E-state index in [4.69, 9.17) is 10.2 Å². The number of aliphatic imine (C=N–C) groups is 1. The summed E-state index contributed by atoms with van der Waals surface area (Å²) >= 11 is 0. The predicted molar refractivity (Wildman–Crippen MR) is 52.8 cm³/mol. The Bertz CT molecular complexity index is 104. The second-order valence-corrected chi connectivity index (χ2v) is 1.82. The Morgan fingerprint density at radius 2 is 1.57 bits per heavy atom. The van der Waals surface area contributed by atoms with E-state index in [1.54, 1.807) is 20.4 Å². The molecule has 2 N–H and O–H groups in total. The molecule has 0 spiro atoms. The molecule has 0 aromatic carbocycles. The van der Waals surface area contributed by atoms with E-state index >= 15 is 0 Å². The summed E-state index contributed by atoms with van der Waals surface area (Å²) in [4.78, 5) is 12.6. The number of unbranched alkanes of at least 4 members (excludes halogenated alkanes) is 1. The maximum atomic E-state index is 9.36. The van der Waals surface area contributed by atoms with Gasteiger partial charge < -0.3 is 20.0 Å². The van der Waals surface area contributed by atoms with Crippen LogP contribution in [0.1, 0.15) is 33.6 Å². The zero-order chi connectivity index (χ0) is 10.9. The molecule has 0 saturated heterocycles. The quantitative estimate of drug-likeness (QED) is 0.256. The van der Waals surface area contributed by atoms with E-state index in [9.17, 15) is 4.79 Å². The third-order valence-electron chi connectivity index (χ3n) is 0.562. The summed E-state index contributed by atoms with van der Waals surface area (Å²) in [5.41, 5.74) is 0. The van der Waals surface area contributed by atoms with Crippen molar-refractivity contribution in [2.24, 2.45) is 4.99 Å². The average molecular weight is 238 g/mol. The van der Waals surface area contributed by atoms with Crippen molar-refractivity contribution in [3.05, 3.63) is 6.54 Å². The van der Waals surface area contributed by atoms with Crippen molar-refractivity contribution in [1.29, 1.82) is 0 Å². The fourth-order valence-electron chi connectivity index (χ4n) is 0.231. The van der Waals surface area contributed by atoms with E-state index in [2.05, 4.69) is 4.99 Å². The minimum absolute atomic E-state index is 0. The number of hydrogen-bond donors (Lipinski definition) is 2. The molecule has 0 fully saturated rings. The minimum atomic E-state index is 0. The zero-order valence-electron chi connectivity index (χ0n) is 9.16. The molecule has 0 rings (SSSR count). The first kappa shape index (κ1) is 23.6. The van der Waals surface area contributed by atoms with Gasteiger partial charge >= 0.3 is 0 Å². The zero-order valence-corrected chi connectivity index (χ0v) is 10.7. The number of isocyanates is 1. The van der Waals surface area contributed by atoms with Crippen molar-refractivity contribution in [1.82, 2.24) is 0 Å². The first-order valence-electron chi connectivity index (χ1n) is 4.35. The number of rotatable bonds is 3. The Kier molecular flexibility index (Phi) is 64.7. The van der Waals surface area contributed by atoms with E-state index in [0.29, 0.717) is 0 Å². The van der Waals surface area contributed by atoms with Crippen molar-refractivity contribution in [2.75, 3.05) is 13.2 Å². The second kappa shape index (κ2) is 38.4. The SMILES string of the molecule is CCC[CH-]N=C=O.CCO.CCO.[Ti]. The van der Waals surface area contributed by atoms with Gasteiger partial charge in [0.25, 0.3) is 0 Å². The van der Waals surface area contributed by atoms with Gasteiger partial charge in [0.05, 0.1) is 0 Å². The molecule has 0 saturated carbocycles. The fourth-order valence-corrected chi connectivity index (χ4v) is 0.231. The van der Waals surface area contributed by atoms with Gasteiger partial charge in [-0.1, -0.05) is 19.8 Å². The summed E-state index contributed by atoms with van der Waals surface area (Å²) < 4.78 is 0. The van der Waals surface area contributed by atoms with Crippen molar-refractivity contribution in [2.45, 2.75) is 33.6 Å². The molecular formula is C9H20NO3Ti-. The first-order chi connectivity index (χ1) is 6.24. The number of hydrogen-bond acceptors (Lipinski definition) is 4. The molecular weight excluding hydrogens is 218 g/mol. The van der Waals surface area contributed by atoms with Crippen LogP contribution in [0.5, 0.6) is 0 Å². The van der Waals surface area contributed by atoms with Crippen molar-refractivity contribution >= 4 is 6.08 Å². The Morgan fingerprint density at radius 1 is 1.21 bits per heavy atom. The molecule has 84 valence electrons. The van der Waals surface area contributed by atoms with Gasteiger partial charge in [0.2, 0.25) is 0 Å². The molecule has 0 amide bonds. The second-order valence-electron chi connectivity index (χ2n) is 1.82. The van der Waals surface area contributed by atoms with Gasteiger partial charge in [-0.15, -0.1) is 6.54 Å². The topological polar surface area (TPSA) is 69.9 Å². The van der Waals surface area contributed by atoms with Gasteiger partial charge in [-0.05, 0) is 19.9 Å². The number of aliphatic hydroxyl groups is 2. The molecule has 0 aliphatic rings. The molecule has 0 bridgehead atoms. The molecule has 0 aromatic rings. The maximum absolute atomic E-state index is 9.36. The standard InChI is InChI=1S/C5H8NO.2C2H6O.Ti/c1-2-3-4-6-5-7;2*1-2-3;/h4H,2-3H2,1H3;2*3H,2H2,1H3;/q-1;;;. The van der Waals surface area contributed by atoms with Gasteiger partial charge in [-0.25, -0.2) is 0 Å². The summed E-state index contributed by atoms with van der Waals surface area (Å²) in [5.74, 6) is 0. The van der Waals surface area contributed by atoms with Crippen molar-refractivity contribution < 1.29 is 36.7 Å². The van der Waals surface area contributed by atoms with Crippen LogP contribution in [0.2, 0.25) is 0 Å². The minimum Gasteiger partial charge on any atom is -0.397 e. The van der Waals surface area contributed by atoms with Gasteiger partial charge in [0.15, 0.2) is 0 Å². The summed E-state index contributed by atoms with van der Waals surface area (Å²) in [6, 6.07) is 0. The van der Waals surface area contributed by atoms with Crippen LogP contribution in [0.4, 0.5) is 0 Å². The van der Waals surface area contributed by atoms with Gasteiger partial charge in [0.1, 0.15) is 0 Å². The molecule has 14 heavy (non-hydrogen) atoms. The molecule has 0 aliphatic heterocycles. The number of aliphatic hydroxyl groups excluding tert-OH is 2. The average Bonchev–Trinajstić information content (AvgIpc) is 2.08. The van der Waals surface area contributed by atoms with Crippen LogP contribution in [-0.4, -0.2) is 29.5 Å². The fraction of sp³-hybridized carbons (Fsp3) is 0.778. The Labute approximate surface area is 101 Å². The van der Waals surface area contributed by atoms with Crippen LogP contribution in [0.3, 0.4) is 0 Å². The Morgan fingerprint density at radius 3 is 1.79 bits per heavy atom. The van der Waals surface area contributed by atoms with Crippen LogP contribution in [-0.2, 0) is 26.5 Å². The monoisotopic (exact) mass is 238 g/mol. The van der Waals surface area contributed by atoms with E-state index in [-0.39, 0.29) is 34.9 Å². The van der Waals surface area contributed by atoms with Crippen LogP contribution in [0, 0.1) is 6.54 Å². The Hall–Kier alpha value is -0.116. The van der Waals surface area contributed by atoms with Crippen molar-refractivity contribution in [3.8, 4) is 0 Å². The van der Waals surface area contributed by atoms with E-state index < -0.39 is 0 Å². The molecule has 0 radical (unpaired) electrons. The summed E-state index contributed by atoms with van der Waals surface area (Å²) in [6.45, 7) is 7.45. The third-order valence-corrected chi connectivity index (χ3v) is 0.562. The normalized spacial score (nSPS) is 6.07. The molecule has 0 atom stereocenters. The molecule has 0 unspecified atom stereocenters. The van der Waals surface area contributed by atoms with Crippen LogP contribution in [0.25, 0.3) is 0 Å². The Balaban J connectivity index is -0.0000000610. The number of carbonyl (C=O) groups excluding carboxylic acids is 1. The predicted octanol–water partition coefficient (Wildman–Crippen LogP) is 1.28. The van der Waals surface area contributed by atoms with Crippen molar-refractivity contribution in [3.63, 3.8) is 0 Å². The molecule has 0 heterocycles. The number of nitrogens with zero attached hydrogens (tertiary/aromatic N) is 1. The van der Waals surface area contributed by atoms with Crippen LogP contribution in [0.15, 0.2) is 4.99 Å². The molecule has 0 aliphatic carbocycles. The summed E-state index contributed by atoms with van der Waals surface area (Å²) in [6.07, 6.45) is 3.33. The van der Waals surface area contributed by atoms with Crippen LogP contribution >= 0.6 is 0 Å². The first-order valence-corrected chi connectivity index (χ1v) is 4.35. The van der Waals surface area contributed by atoms with Gasteiger partial charge in [0, 0.05) is 34.9 Å². The maximum Gasteiger partial charge on any atom is 0.0402 e. The third kappa shape index (κ3) is 93.3. The summed E-state index contributed by atoms with van der Waals surface area (Å²) in [7, 11) is 0. The summed E-state index contributed by atoms with van der Waals surface area (Å²) in [5, 5.41) is 15.1. The van der Waals surface area contributed by atoms with E-state index in [1.807, 2.05) is 6.92 Å². The van der Waals surface area contributed by atoms with E-state index in [0.717, 1.165) is 12.8 Å². The smallest absolute Gasteiger partial charge is 0.0402 e. The van der Waals surface area contributed by atoms with E-state index in [1.165, 1.54) is 6.08 Å². The van der Waals surface area contributed by atoms with Gasteiger partial charge in [-0.2, -0.15) is 0 Å². The molecule has 5 heteroatoms. The molecule has 0 aromatic heterocycles. The molecule has 4 nitrogen and oxygen atoms in total. The van der Waals surface area contributed by atoms with Crippen LogP contribution < -0.4 is 0 Å². The largest absolute Gasteiger partial charge is 0.397 e. The van der Waals surface area contributed by atoms with Gasteiger partial charge in [-0.3, -0.25) is 0 Å².